The molecule has 0 spiro atoms. The van der Waals surface area contributed by atoms with Crippen LogP contribution >= 0.6 is 23.7 Å². The van der Waals surface area contributed by atoms with Gasteiger partial charge in [-0.15, -0.1) is 23.7 Å². The molecule has 0 radical (unpaired) electrons. The van der Waals surface area contributed by atoms with E-state index in [0.717, 1.165) is 16.0 Å². The number of carbonyl (C=O) groups excluding carboxylic acids is 2. The van der Waals surface area contributed by atoms with Gasteiger partial charge in [-0.1, -0.05) is 54.6 Å². The second-order valence-corrected chi connectivity index (χ2v) is 13.1. The first-order valence-corrected chi connectivity index (χ1v) is 15.1. The van der Waals surface area contributed by atoms with Crippen LogP contribution in [-0.4, -0.2) is 54.2 Å². The fraction of sp³-hybridized carbons (Fsp3) is 0.250. The number of sulfone groups is 1. The number of carbonyl (C=O) groups is 2. The van der Waals surface area contributed by atoms with Crippen LogP contribution < -0.4 is 11.2 Å². The largest absolute Gasteiger partial charge is 0.444 e. The van der Waals surface area contributed by atoms with Gasteiger partial charge in [-0.25, -0.2) is 18.9 Å². The number of hydroxylamine groups is 1. The maximum Gasteiger partial charge on any atom is 0.245 e. The standard InChI is InChI=1S/C28H28N4O6S2.ClH/c29-26(21-4-2-1-3-5-21)27(34)32-13-12-28(16-25(33)31-35,40(36,37)15-14-32)24-11-10-23(39-24)20-8-6-19(7-9-20)22-17-30-18-38-22;/h1-11,17-18,26,35H,12-16,29H2,(H,31,33);1H/t26-,28?;/m0./s1. The van der Waals surface area contributed by atoms with Crippen LogP contribution in [0.2, 0.25) is 0 Å². The number of benzene rings is 2. The molecule has 4 aromatic rings. The van der Waals surface area contributed by atoms with E-state index in [-0.39, 0.29) is 43.6 Å². The van der Waals surface area contributed by atoms with Crippen molar-refractivity contribution in [2.24, 2.45) is 5.73 Å². The molecule has 2 atom stereocenters. The van der Waals surface area contributed by atoms with E-state index in [0.29, 0.717) is 16.2 Å². The van der Waals surface area contributed by atoms with Gasteiger partial charge < -0.3 is 15.1 Å². The van der Waals surface area contributed by atoms with E-state index in [2.05, 4.69) is 4.98 Å². The average Bonchev–Trinajstić information content (AvgIpc) is 3.67. The summed E-state index contributed by atoms with van der Waals surface area (Å²) in [4.78, 5) is 32.4. The third-order valence-corrected chi connectivity index (χ3v) is 11.2. The van der Waals surface area contributed by atoms with Gasteiger partial charge in [0.05, 0.1) is 18.4 Å². The molecular weight excluding hydrogens is 588 g/mol. The van der Waals surface area contributed by atoms with E-state index < -0.39 is 33.0 Å². The van der Waals surface area contributed by atoms with Gasteiger partial charge >= 0.3 is 0 Å². The Bertz CT molecular complexity index is 1590. The molecule has 216 valence electrons. The monoisotopic (exact) mass is 616 g/mol. The molecule has 1 unspecified atom stereocenters. The summed E-state index contributed by atoms with van der Waals surface area (Å²) >= 11 is 1.27. The third kappa shape index (κ3) is 6.07. The van der Waals surface area contributed by atoms with Gasteiger partial charge in [0, 0.05) is 28.4 Å². The Balaban J connectivity index is 0.00000387. The number of hydrogen-bond acceptors (Lipinski definition) is 9. The Morgan fingerprint density at radius 2 is 1.78 bits per heavy atom. The van der Waals surface area contributed by atoms with Crippen molar-refractivity contribution in [3.05, 3.63) is 89.8 Å². The van der Waals surface area contributed by atoms with Gasteiger partial charge in [-0.05, 0) is 29.7 Å². The molecule has 41 heavy (non-hydrogen) atoms. The van der Waals surface area contributed by atoms with Crippen molar-refractivity contribution < 1.29 is 27.6 Å². The minimum Gasteiger partial charge on any atom is -0.444 e. The molecule has 0 saturated carbocycles. The molecule has 0 bridgehead atoms. The first kappa shape index (κ1) is 30.4. The summed E-state index contributed by atoms with van der Waals surface area (Å²) in [7, 11) is -3.96. The van der Waals surface area contributed by atoms with E-state index in [1.807, 2.05) is 36.4 Å². The van der Waals surface area contributed by atoms with E-state index in [1.165, 1.54) is 22.6 Å². The lowest BCUT2D eigenvalue weighted by Gasteiger charge is -2.30. The van der Waals surface area contributed by atoms with Crippen molar-refractivity contribution >= 4 is 45.4 Å². The number of rotatable bonds is 7. The van der Waals surface area contributed by atoms with Crippen molar-refractivity contribution in [2.45, 2.75) is 23.6 Å². The molecule has 1 fully saturated rings. The van der Waals surface area contributed by atoms with Gasteiger partial charge in [0.25, 0.3) is 0 Å². The van der Waals surface area contributed by atoms with Gasteiger partial charge in [0.2, 0.25) is 11.8 Å². The van der Waals surface area contributed by atoms with Crippen LogP contribution in [0.4, 0.5) is 0 Å². The van der Waals surface area contributed by atoms with Gasteiger partial charge in [0.15, 0.2) is 22.0 Å². The summed E-state index contributed by atoms with van der Waals surface area (Å²) in [6.07, 6.45) is 2.46. The zero-order chi connectivity index (χ0) is 28.3. The van der Waals surface area contributed by atoms with E-state index in [4.69, 9.17) is 10.2 Å². The minimum atomic E-state index is -3.96. The highest BCUT2D eigenvalue weighted by atomic mass is 35.5. The highest BCUT2D eigenvalue weighted by molar-refractivity contribution is 7.92. The molecule has 2 aromatic heterocycles. The Hall–Kier alpha value is -3.55. The van der Waals surface area contributed by atoms with Crippen molar-refractivity contribution in [2.75, 3.05) is 18.8 Å². The number of halogens is 1. The van der Waals surface area contributed by atoms with Crippen LogP contribution in [0.1, 0.15) is 29.3 Å². The number of nitrogens with one attached hydrogen (secondary N) is 1. The Labute approximate surface area is 247 Å². The number of thiophene rings is 1. The SMILES string of the molecule is Cl.N[C@H](C(=O)N1CCC(CC(=O)NO)(c2ccc(-c3ccc(-c4cnco4)cc3)s2)S(=O)(=O)CC1)c1ccccc1. The molecule has 3 heterocycles. The lowest BCUT2D eigenvalue weighted by atomic mass is 9.96. The van der Waals surface area contributed by atoms with Crippen molar-refractivity contribution in [1.29, 1.82) is 0 Å². The predicted octanol–water partition coefficient (Wildman–Crippen LogP) is 3.93. The topological polar surface area (TPSA) is 156 Å². The molecule has 4 N–H and O–H groups in total. The van der Waals surface area contributed by atoms with Crippen LogP contribution in [0, 0.1) is 0 Å². The van der Waals surface area contributed by atoms with Crippen LogP contribution in [0.5, 0.6) is 0 Å². The van der Waals surface area contributed by atoms with Gasteiger partial charge in [0.1, 0.15) is 10.8 Å². The van der Waals surface area contributed by atoms with Crippen LogP contribution in [-0.2, 0) is 24.2 Å². The van der Waals surface area contributed by atoms with Crippen LogP contribution in [0.25, 0.3) is 21.8 Å². The molecule has 1 aliphatic rings. The van der Waals surface area contributed by atoms with Crippen molar-refractivity contribution in [1.82, 2.24) is 15.4 Å². The van der Waals surface area contributed by atoms with E-state index in [9.17, 15) is 23.2 Å². The maximum atomic E-state index is 13.9. The first-order chi connectivity index (χ1) is 19.2. The second-order valence-electron chi connectivity index (χ2n) is 9.60. The highest BCUT2D eigenvalue weighted by Gasteiger charge is 2.50. The lowest BCUT2D eigenvalue weighted by molar-refractivity contribution is -0.132. The normalized spacial score (nSPS) is 19.0. The molecule has 1 saturated heterocycles. The van der Waals surface area contributed by atoms with Crippen LogP contribution in [0.3, 0.4) is 0 Å². The summed E-state index contributed by atoms with van der Waals surface area (Å²) in [5.41, 5.74) is 10.1. The molecule has 2 amide bonds. The average molecular weight is 617 g/mol. The number of oxazole rings is 1. The summed E-state index contributed by atoms with van der Waals surface area (Å²) < 4.78 is 31.4. The molecule has 1 aliphatic heterocycles. The molecule has 10 nitrogen and oxygen atoms in total. The molecule has 0 aliphatic carbocycles. The van der Waals surface area contributed by atoms with Gasteiger partial charge in [-0.3, -0.25) is 14.8 Å². The van der Waals surface area contributed by atoms with Gasteiger partial charge in [-0.2, -0.15) is 0 Å². The van der Waals surface area contributed by atoms with Crippen molar-refractivity contribution in [3.63, 3.8) is 0 Å². The quantitative estimate of drug-likeness (QED) is 0.208. The number of nitrogens with zero attached hydrogens (tertiary/aromatic N) is 2. The number of nitrogens with two attached hydrogens (primary N) is 1. The molecular formula is C28H29ClN4O6S2. The second kappa shape index (κ2) is 12.5. The number of amides is 2. The number of hydrogen-bond donors (Lipinski definition) is 3. The Morgan fingerprint density at radius 3 is 2.44 bits per heavy atom. The first-order valence-electron chi connectivity index (χ1n) is 12.6. The van der Waals surface area contributed by atoms with E-state index >= 15 is 0 Å². The smallest absolute Gasteiger partial charge is 0.245 e. The fourth-order valence-electron chi connectivity index (χ4n) is 4.98. The number of aromatic nitrogens is 1. The van der Waals surface area contributed by atoms with Crippen LogP contribution in [0.15, 0.2) is 83.7 Å². The maximum absolute atomic E-state index is 13.9. The third-order valence-electron chi connectivity index (χ3n) is 7.26. The highest BCUT2D eigenvalue weighted by Crippen LogP contribution is 2.45. The Morgan fingerprint density at radius 1 is 1.07 bits per heavy atom. The molecule has 13 heteroatoms. The summed E-state index contributed by atoms with van der Waals surface area (Å²) in [5, 5.41) is 9.31. The van der Waals surface area contributed by atoms with E-state index in [1.54, 1.807) is 42.0 Å². The zero-order valence-corrected chi connectivity index (χ0v) is 24.3. The lowest BCUT2D eigenvalue weighted by Crippen LogP contribution is -2.41. The Kier molecular flexibility index (Phi) is 9.30. The molecule has 2 aromatic carbocycles. The summed E-state index contributed by atoms with van der Waals surface area (Å²) in [5.74, 6) is -0.931. The van der Waals surface area contributed by atoms with Crippen molar-refractivity contribution in [3.8, 4) is 21.8 Å². The minimum absolute atomic E-state index is 0. The molecule has 5 rings (SSSR count). The predicted molar refractivity (Wildman–Crippen MR) is 157 cm³/mol. The summed E-state index contributed by atoms with van der Waals surface area (Å²) in [6.45, 7) is 0.0297. The zero-order valence-electron chi connectivity index (χ0n) is 21.8. The summed E-state index contributed by atoms with van der Waals surface area (Å²) in [6, 6.07) is 19.0. The fourth-order valence-corrected chi connectivity index (χ4v) is 8.59.